The third kappa shape index (κ3) is 2.18. The van der Waals surface area contributed by atoms with Gasteiger partial charge in [0.2, 0.25) is 0 Å². The molecule has 1 atom stereocenters. The lowest BCUT2D eigenvalue weighted by atomic mass is 10.1. The van der Waals surface area contributed by atoms with Crippen molar-refractivity contribution in [2.45, 2.75) is 6.04 Å². The first-order chi connectivity index (χ1) is 6.36. The molecule has 2 rings (SSSR count). The maximum Gasteiger partial charge on any atom is 0.129 e. The average molecular weight is 198 g/mol. The molecule has 4 heteroatoms. The zero-order valence-corrected chi connectivity index (χ0v) is 8.01. The summed E-state index contributed by atoms with van der Waals surface area (Å²) in [6.07, 6.45) is 1.83. The van der Waals surface area contributed by atoms with Crippen LogP contribution in [0.5, 0.6) is 0 Å². The van der Waals surface area contributed by atoms with E-state index in [1.807, 2.05) is 18.3 Å². The molecule has 0 spiro atoms. The lowest BCUT2D eigenvalue weighted by molar-refractivity contribution is 0.429. The smallest absolute Gasteiger partial charge is 0.129 e. The van der Waals surface area contributed by atoms with Gasteiger partial charge in [0, 0.05) is 31.9 Å². The molecule has 0 amide bonds. The van der Waals surface area contributed by atoms with E-state index in [1.54, 1.807) is 0 Å². The van der Waals surface area contributed by atoms with Crippen LogP contribution in [0.4, 0.5) is 0 Å². The number of hydrogen-bond acceptors (Lipinski definition) is 3. The van der Waals surface area contributed by atoms with Gasteiger partial charge in [-0.2, -0.15) is 0 Å². The fraction of sp³-hybridized carbons (Fsp3) is 0.444. The molecule has 2 heterocycles. The van der Waals surface area contributed by atoms with Gasteiger partial charge in [-0.15, -0.1) is 0 Å². The van der Waals surface area contributed by atoms with Crippen molar-refractivity contribution in [1.29, 1.82) is 0 Å². The monoisotopic (exact) mass is 197 g/mol. The van der Waals surface area contributed by atoms with E-state index in [2.05, 4.69) is 15.6 Å². The summed E-state index contributed by atoms with van der Waals surface area (Å²) >= 11 is 5.70. The Labute approximate surface area is 82.5 Å². The molecule has 2 N–H and O–H groups in total. The number of hydrogen-bond donors (Lipinski definition) is 2. The fourth-order valence-electron chi connectivity index (χ4n) is 1.48. The predicted molar refractivity (Wildman–Crippen MR) is 52.9 cm³/mol. The van der Waals surface area contributed by atoms with Gasteiger partial charge in [0.1, 0.15) is 5.15 Å². The molecule has 70 valence electrons. The second-order valence-corrected chi connectivity index (χ2v) is 3.51. The van der Waals surface area contributed by atoms with Crippen molar-refractivity contribution in [2.24, 2.45) is 0 Å². The lowest BCUT2D eigenvalue weighted by Gasteiger charge is -2.24. The van der Waals surface area contributed by atoms with Gasteiger partial charge in [-0.25, -0.2) is 4.98 Å². The van der Waals surface area contributed by atoms with Crippen molar-refractivity contribution >= 4 is 11.6 Å². The highest BCUT2D eigenvalue weighted by molar-refractivity contribution is 6.29. The van der Waals surface area contributed by atoms with E-state index < -0.39 is 0 Å². The first kappa shape index (κ1) is 8.94. The Morgan fingerprint density at radius 1 is 1.38 bits per heavy atom. The van der Waals surface area contributed by atoms with Gasteiger partial charge in [0.25, 0.3) is 0 Å². The number of halogens is 1. The van der Waals surface area contributed by atoms with Gasteiger partial charge in [-0.1, -0.05) is 17.7 Å². The fourth-order valence-corrected chi connectivity index (χ4v) is 1.59. The quantitative estimate of drug-likeness (QED) is 0.659. The molecule has 0 aliphatic carbocycles. The summed E-state index contributed by atoms with van der Waals surface area (Å²) < 4.78 is 0. The van der Waals surface area contributed by atoms with Crippen LogP contribution < -0.4 is 10.6 Å². The van der Waals surface area contributed by atoms with Crippen molar-refractivity contribution < 1.29 is 0 Å². The number of piperazine rings is 1. The summed E-state index contributed by atoms with van der Waals surface area (Å²) in [6.45, 7) is 3.01. The van der Waals surface area contributed by atoms with Gasteiger partial charge in [-0.05, 0) is 11.6 Å². The molecule has 13 heavy (non-hydrogen) atoms. The van der Waals surface area contributed by atoms with Crippen LogP contribution in [0.2, 0.25) is 5.15 Å². The molecule has 1 aromatic rings. The van der Waals surface area contributed by atoms with Gasteiger partial charge >= 0.3 is 0 Å². The molecule has 0 saturated carbocycles. The number of pyridine rings is 1. The Morgan fingerprint density at radius 3 is 2.92 bits per heavy atom. The zero-order valence-electron chi connectivity index (χ0n) is 7.26. The molecule has 1 unspecified atom stereocenters. The summed E-state index contributed by atoms with van der Waals surface area (Å²) in [4.78, 5) is 4.05. The third-order valence-corrected chi connectivity index (χ3v) is 2.42. The van der Waals surface area contributed by atoms with E-state index in [-0.39, 0.29) is 0 Å². The van der Waals surface area contributed by atoms with Gasteiger partial charge in [-0.3, -0.25) is 0 Å². The van der Waals surface area contributed by atoms with Crippen LogP contribution in [0.15, 0.2) is 18.3 Å². The molecule has 1 aliphatic heterocycles. The minimum Gasteiger partial charge on any atom is -0.314 e. The summed E-state index contributed by atoms with van der Waals surface area (Å²) in [5.74, 6) is 0. The van der Waals surface area contributed by atoms with E-state index in [0.717, 1.165) is 19.6 Å². The second kappa shape index (κ2) is 4.05. The van der Waals surface area contributed by atoms with Crippen molar-refractivity contribution in [3.8, 4) is 0 Å². The highest BCUT2D eigenvalue weighted by atomic mass is 35.5. The summed E-state index contributed by atoms with van der Waals surface area (Å²) in [6, 6.07) is 4.21. The van der Waals surface area contributed by atoms with Gasteiger partial charge in [0.15, 0.2) is 0 Å². The Bertz CT molecular complexity index is 267. The Hall–Kier alpha value is -0.640. The van der Waals surface area contributed by atoms with Crippen molar-refractivity contribution in [3.05, 3.63) is 29.0 Å². The first-order valence-corrected chi connectivity index (χ1v) is 4.79. The minimum absolute atomic E-state index is 0.374. The Kier molecular flexibility index (Phi) is 2.78. The molecular weight excluding hydrogens is 186 g/mol. The molecular formula is C9H12ClN3. The minimum atomic E-state index is 0.374. The summed E-state index contributed by atoms with van der Waals surface area (Å²) in [5.41, 5.74) is 1.19. The normalized spacial score (nSPS) is 23.0. The molecule has 1 fully saturated rings. The van der Waals surface area contributed by atoms with Crippen molar-refractivity contribution in [1.82, 2.24) is 15.6 Å². The van der Waals surface area contributed by atoms with Crippen LogP contribution in [-0.4, -0.2) is 24.6 Å². The van der Waals surface area contributed by atoms with E-state index >= 15 is 0 Å². The van der Waals surface area contributed by atoms with E-state index in [9.17, 15) is 0 Å². The van der Waals surface area contributed by atoms with Crippen LogP contribution in [0, 0.1) is 0 Å². The standard InChI is InChI=1S/C9H12ClN3/c10-9-2-1-7(5-13-9)8-6-11-3-4-12-8/h1-2,5,8,11-12H,3-4,6H2. The maximum absolute atomic E-state index is 5.70. The van der Waals surface area contributed by atoms with Gasteiger partial charge in [0.05, 0.1) is 0 Å². The zero-order chi connectivity index (χ0) is 9.10. The van der Waals surface area contributed by atoms with E-state index in [0.29, 0.717) is 11.2 Å². The molecule has 1 saturated heterocycles. The van der Waals surface area contributed by atoms with E-state index in [1.165, 1.54) is 5.56 Å². The lowest BCUT2D eigenvalue weighted by Crippen LogP contribution is -2.42. The van der Waals surface area contributed by atoms with Crippen LogP contribution in [0.1, 0.15) is 11.6 Å². The SMILES string of the molecule is Clc1ccc(C2CNCCN2)cn1. The van der Waals surface area contributed by atoms with Gasteiger partial charge < -0.3 is 10.6 Å². The molecule has 0 aromatic carbocycles. The molecule has 1 aromatic heterocycles. The molecule has 1 aliphatic rings. The topological polar surface area (TPSA) is 37.0 Å². The molecule has 0 bridgehead atoms. The van der Waals surface area contributed by atoms with Crippen molar-refractivity contribution in [2.75, 3.05) is 19.6 Å². The molecule has 0 radical (unpaired) electrons. The maximum atomic E-state index is 5.70. The highest BCUT2D eigenvalue weighted by Gasteiger charge is 2.13. The van der Waals surface area contributed by atoms with Crippen LogP contribution in [-0.2, 0) is 0 Å². The first-order valence-electron chi connectivity index (χ1n) is 4.42. The number of nitrogens with zero attached hydrogens (tertiary/aromatic N) is 1. The second-order valence-electron chi connectivity index (χ2n) is 3.13. The van der Waals surface area contributed by atoms with Crippen LogP contribution in [0.25, 0.3) is 0 Å². The van der Waals surface area contributed by atoms with Crippen LogP contribution in [0.3, 0.4) is 0 Å². The molecule has 3 nitrogen and oxygen atoms in total. The largest absolute Gasteiger partial charge is 0.314 e. The predicted octanol–water partition coefficient (Wildman–Crippen LogP) is 0.969. The Balaban J connectivity index is 2.10. The van der Waals surface area contributed by atoms with Crippen LogP contribution >= 0.6 is 11.6 Å². The Morgan fingerprint density at radius 2 is 2.31 bits per heavy atom. The number of nitrogens with one attached hydrogen (secondary N) is 2. The third-order valence-electron chi connectivity index (χ3n) is 2.19. The number of rotatable bonds is 1. The van der Waals surface area contributed by atoms with Crippen molar-refractivity contribution in [3.63, 3.8) is 0 Å². The summed E-state index contributed by atoms with van der Waals surface area (Å²) in [7, 11) is 0. The van der Waals surface area contributed by atoms with E-state index in [4.69, 9.17) is 11.6 Å². The average Bonchev–Trinajstić information content (AvgIpc) is 2.20. The summed E-state index contributed by atoms with van der Waals surface area (Å²) in [5, 5.41) is 7.28. The highest BCUT2D eigenvalue weighted by Crippen LogP contribution is 2.14. The number of aromatic nitrogens is 1.